The van der Waals surface area contributed by atoms with Gasteiger partial charge in [0, 0.05) is 41.6 Å². The lowest BCUT2D eigenvalue weighted by atomic mass is 10.2. The third-order valence-corrected chi connectivity index (χ3v) is 5.19. The highest BCUT2D eigenvalue weighted by Crippen LogP contribution is 2.25. The summed E-state index contributed by atoms with van der Waals surface area (Å²) in [5.41, 5.74) is 3.58. The lowest BCUT2D eigenvalue weighted by molar-refractivity contribution is -0.114. The van der Waals surface area contributed by atoms with E-state index in [4.69, 9.17) is 4.74 Å². The zero-order chi connectivity index (χ0) is 19.3. The van der Waals surface area contributed by atoms with E-state index < -0.39 is 0 Å². The smallest absolute Gasteiger partial charge is 0.221 e. The van der Waals surface area contributed by atoms with Crippen LogP contribution in [-0.4, -0.2) is 35.7 Å². The molecule has 140 valence electrons. The number of hydrogen-bond donors (Lipinski definition) is 1. The van der Waals surface area contributed by atoms with Gasteiger partial charge in [0.1, 0.15) is 0 Å². The van der Waals surface area contributed by atoms with E-state index in [2.05, 4.69) is 16.8 Å². The Morgan fingerprint density at radius 3 is 2.46 bits per heavy atom. The highest BCUT2D eigenvalue weighted by atomic mass is 32.2. The number of rotatable bonds is 8. The van der Waals surface area contributed by atoms with Crippen LogP contribution in [0.15, 0.2) is 35.2 Å². The molecule has 2 rings (SSSR count). The van der Waals surface area contributed by atoms with Gasteiger partial charge < -0.3 is 14.6 Å². The lowest BCUT2D eigenvalue weighted by Crippen LogP contribution is -2.14. The molecular formula is C20H26N2O3S. The van der Waals surface area contributed by atoms with E-state index in [1.54, 1.807) is 7.11 Å². The van der Waals surface area contributed by atoms with Gasteiger partial charge in [0.2, 0.25) is 5.91 Å². The van der Waals surface area contributed by atoms with Gasteiger partial charge in [-0.1, -0.05) is 0 Å². The molecule has 0 radical (unpaired) electrons. The van der Waals surface area contributed by atoms with Gasteiger partial charge in [-0.05, 0) is 51.1 Å². The maximum Gasteiger partial charge on any atom is 0.221 e. The van der Waals surface area contributed by atoms with Crippen molar-refractivity contribution in [1.82, 2.24) is 4.57 Å². The van der Waals surface area contributed by atoms with E-state index in [9.17, 15) is 9.59 Å². The van der Waals surface area contributed by atoms with Gasteiger partial charge in [0.15, 0.2) is 5.78 Å². The van der Waals surface area contributed by atoms with Crippen LogP contribution >= 0.6 is 11.8 Å². The largest absolute Gasteiger partial charge is 0.383 e. The zero-order valence-corrected chi connectivity index (χ0v) is 16.8. The summed E-state index contributed by atoms with van der Waals surface area (Å²) in [6, 6.07) is 9.65. The van der Waals surface area contributed by atoms with Crippen molar-refractivity contribution in [2.24, 2.45) is 0 Å². The van der Waals surface area contributed by atoms with Gasteiger partial charge in [-0.2, -0.15) is 0 Å². The topological polar surface area (TPSA) is 60.3 Å². The van der Waals surface area contributed by atoms with Crippen LogP contribution in [0.3, 0.4) is 0 Å². The van der Waals surface area contributed by atoms with Crippen molar-refractivity contribution < 1.29 is 14.3 Å². The van der Waals surface area contributed by atoms with Crippen molar-refractivity contribution >= 4 is 29.1 Å². The van der Waals surface area contributed by atoms with Gasteiger partial charge in [-0.3, -0.25) is 9.59 Å². The summed E-state index contributed by atoms with van der Waals surface area (Å²) < 4.78 is 7.40. The Balaban J connectivity index is 2.04. The van der Waals surface area contributed by atoms with E-state index in [0.29, 0.717) is 12.4 Å². The minimum absolute atomic E-state index is 0.0985. The van der Waals surface area contributed by atoms with E-state index >= 15 is 0 Å². The number of carbonyl (C=O) groups is 2. The molecule has 6 heteroatoms. The third-order valence-electron chi connectivity index (χ3n) is 4.18. The Morgan fingerprint density at radius 2 is 1.88 bits per heavy atom. The Morgan fingerprint density at radius 1 is 1.23 bits per heavy atom. The summed E-state index contributed by atoms with van der Waals surface area (Å²) in [6.07, 6.45) is 0. The molecule has 1 aromatic heterocycles. The van der Waals surface area contributed by atoms with Crippen LogP contribution in [-0.2, 0) is 9.53 Å². The molecule has 0 aliphatic rings. The predicted molar refractivity (Wildman–Crippen MR) is 106 cm³/mol. The van der Waals surface area contributed by atoms with Crippen molar-refractivity contribution in [2.45, 2.75) is 38.6 Å². The van der Waals surface area contributed by atoms with E-state index in [-0.39, 0.29) is 17.7 Å². The number of anilines is 1. The number of carbonyl (C=O) groups excluding carboxylic acids is 2. The minimum Gasteiger partial charge on any atom is -0.383 e. The van der Waals surface area contributed by atoms with Crippen molar-refractivity contribution in [1.29, 1.82) is 0 Å². The Bertz CT molecular complexity index is 781. The number of methoxy groups -OCH3 is 1. The first-order chi connectivity index (χ1) is 12.3. The van der Waals surface area contributed by atoms with E-state index in [1.807, 2.05) is 44.2 Å². The van der Waals surface area contributed by atoms with Crippen LogP contribution in [0.25, 0.3) is 0 Å². The molecule has 0 unspecified atom stereocenters. The maximum atomic E-state index is 12.7. The zero-order valence-electron chi connectivity index (χ0n) is 16.0. The molecule has 5 nitrogen and oxygen atoms in total. The summed E-state index contributed by atoms with van der Waals surface area (Å²) in [5.74, 6) is 0.395. The summed E-state index contributed by atoms with van der Waals surface area (Å²) in [6.45, 7) is 8.18. The van der Waals surface area contributed by atoms with Crippen LogP contribution in [0.5, 0.6) is 0 Å². The van der Waals surface area contributed by atoms with Crippen LogP contribution in [0.1, 0.15) is 41.6 Å². The number of aromatic nitrogens is 1. The van der Waals surface area contributed by atoms with Crippen LogP contribution < -0.4 is 5.32 Å². The molecule has 0 saturated carbocycles. The first-order valence-corrected chi connectivity index (χ1v) is 9.53. The first kappa shape index (κ1) is 20.3. The Labute approximate surface area is 159 Å². The monoisotopic (exact) mass is 374 g/mol. The molecule has 1 heterocycles. The van der Waals surface area contributed by atoms with Gasteiger partial charge in [0.05, 0.1) is 18.4 Å². The predicted octanol–water partition coefficient (Wildman–Crippen LogP) is 4.25. The lowest BCUT2D eigenvalue weighted by Gasteiger charge is -2.17. The molecule has 0 saturated heterocycles. The van der Waals surface area contributed by atoms with Crippen molar-refractivity contribution in [2.75, 3.05) is 24.8 Å². The van der Waals surface area contributed by atoms with Crippen LogP contribution in [0, 0.1) is 13.8 Å². The summed E-state index contributed by atoms with van der Waals surface area (Å²) in [5, 5.41) is 2.73. The summed E-state index contributed by atoms with van der Waals surface area (Å²) in [7, 11) is 1.69. The Hall–Kier alpha value is -2.05. The average molecular weight is 375 g/mol. The number of ether oxygens (including phenoxy) is 1. The number of aryl methyl sites for hydroxylation is 1. The highest BCUT2D eigenvalue weighted by molar-refractivity contribution is 8.00. The quantitative estimate of drug-likeness (QED) is 0.554. The minimum atomic E-state index is -0.0985. The molecule has 0 fully saturated rings. The number of amides is 1. The Kier molecular flexibility index (Phi) is 7.06. The standard InChI is InChI=1S/C20H26N2O3S/c1-13-10-19(15(3)22(13)14(2)11-25-5)20(24)12-26-18-8-6-17(7-9-18)21-16(4)23/h6-10,14H,11-12H2,1-5H3,(H,21,23)/t14-/m1/s1. The van der Waals surface area contributed by atoms with Crippen LogP contribution in [0.2, 0.25) is 0 Å². The molecule has 1 atom stereocenters. The van der Waals surface area contributed by atoms with Crippen LogP contribution in [0.4, 0.5) is 5.69 Å². The van der Waals surface area contributed by atoms with E-state index in [1.165, 1.54) is 18.7 Å². The maximum absolute atomic E-state index is 12.7. The number of nitrogens with zero attached hydrogens (tertiary/aromatic N) is 1. The molecule has 0 spiro atoms. The normalized spacial score (nSPS) is 12.0. The molecular weight excluding hydrogens is 348 g/mol. The second kappa shape index (κ2) is 9.05. The average Bonchev–Trinajstić information content (AvgIpc) is 2.88. The molecule has 1 aromatic carbocycles. The van der Waals surface area contributed by atoms with Gasteiger partial charge >= 0.3 is 0 Å². The second-order valence-electron chi connectivity index (χ2n) is 6.38. The molecule has 2 aromatic rings. The number of ketones is 1. The van der Waals surface area contributed by atoms with E-state index in [0.717, 1.165) is 27.5 Å². The van der Waals surface area contributed by atoms with Crippen molar-refractivity contribution in [3.63, 3.8) is 0 Å². The fourth-order valence-electron chi connectivity index (χ4n) is 3.12. The molecule has 0 bridgehead atoms. The number of hydrogen-bond acceptors (Lipinski definition) is 4. The molecule has 0 aliphatic heterocycles. The number of benzene rings is 1. The first-order valence-electron chi connectivity index (χ1n) is 8.54. The van der Waals surface area contributed by atoms with Crippen molar-refractivity contribution in [3.8, 4) is 0 Å². The van der Waals surface area contributed by atoms with Gasteiger partial charge in [-0.15, -0.1) is 11.8 Å². The SMILES string of the molecule is COC[C@@H](C)n1c(C)cc(C(=O)CSc2ccc(NC(C)=O)cc2)c1C. The van der Waals surface area contributed by atoms with Gasteiger partial charge in [-0.25, -0.2) is 0 Å². The number of nitrogens with one attached hydrogen (secondary N) is 1. The molecule has 1 amide bonds. The summed E-state index contributed by atoms with van der Waals surface area (Å²) in [4.78, 5) is 24.7. The third kappa shape index (κ3) is 4.99. The highest BCUT2D eigenvalue weighted by Gasteiger charge is 2.18. The fraction of sp³-hybridized carbons (Fsp3) is 0.400. The fourth-order valence-corrected chi connectivity index (χ4v) is 3.90. The number of thioether (sulfide) groups is 1. The molecule has 26 heavy (non-hydrogen) atoms. The van der Waals surface area contributed by atoms with Gasteiger partial charge in [0.25, 0.3) is 0 Å². The summed E-state index contributed by atoms with van der Waals surface area (Å²) >= 11 is 1.50. The number of Topliss-reactive ketones (excluding diaryl/α,β-unsaturated/α-hetero) is 1. The molecule has 1 N–H and O–H groups in total. The molecule has 0 aliphatic carbocycles. The van der Waals surface area contributed by atoms with Crippen molar-refractivity contribution in [3.05, 3.63) is 47.3 Å². The second-order valence-corrected chi connectivity index (χ2v) is 7.43.